The van der Waals surface area contributed by atoms with Crippen molar-refractivity contribution >= 4 is 10.2 Å². The van der Waals surface area contributed by atoms with E-state index in [1.807, 2.05) is 11.7 Å². The van der Waals surface area contributed by atoms with E-state index in [2.05, 4.69) is 32.2 Å². The van der Waals surface area contributed by atoms with Crippen molar-refractivity contribution in [3.8, 4) is 0 Å². The van der Waals surface area contributed by atoms with E-state index in [1.54, 1.807) is 8.61 Å². The van der Waals surface area contributed by atoms with Crippen molar-refractivity contribution in [2.75, 3.05) is 59.4 Å². The molecule has 1 aromatic heterocycles. The molecule has 0 amide bonds. The monoisotopic (exact) mass is 384 g/mol. The van der Waals surface area contributed by atoms with Gasteiger partial charge >= 0.3 is 0 Å². The van der Waals surface area contributed by atoms with Gasteiger partial charge in [-0.25, -0.2) is 4.68 Å². The molecular formula is C15H28N8O2S. The molecule has 2 saturated heterocycles. The van der Waals surface area contributed by atoms with E-state index in [9.17, 15) is 8.42 Å². The van der Waals surface area contributed by atoms with Crippen molar-refractivity contribution < 1.29 is 8.42 Å². The maximum absolute atomic E-state index is 12.9. The second-order valence-electron chi connectivity index (χ2n) is 7.53. The summed E-state index contributed by atoms with van der Waals surface area (Å²) in [6.07, 6.45) is 2.28. The zero-order valence-electron chi connectivity index (χ0n) is 15.5. The lowest BCUT2D eigenvalue weighted by molar-refractivity contribution is 0.130. The molecule has 3 aliphatic rings. The van der Waals surface area contributed by atoms with Gasteiger partial charge in [-0.1, -0.05) is 0 Å². The maximum atomic E-state index is 12.9. The summed E-state index contributed by atoms with van der Waals surface area (Å²) < 4.78 is 31.0. The van der Waals surface area contributed by atoms with Crippen LogP contribution >= 0.6 is 0 Å². The molecule has 4 rings (SSSR count). The third-order valence-corrected chi connectivity index (χ3v) is 7.76. The number of aromatic nitrogens is 4. The van der Waals surface area contributed by atoms with Crippen LogP contribution < -0.4 is 0 Å². The Morgan fingerprint density at radius 3 is 2.12 bits per heavy atom. The van der Waals surface area contributed by atoms with E-state index in [0.717, 1.165) is 31.8 Å². The molecule has 1 saturated carbocycles. The van der Waals surface area contributed by atoms with Crippen molar-refractivity contribution in [2.24, 2.45) is 0 Å². The van der Waals surface area contributed by atoms with E-state index in [-0.39, 0.29) is 6.04 Å². The topological polar surface area (TPSA) is 90.7 Å². The fourth-order valence-electron chi connectivity index (χ4n) is 3.72. The third kappa shape index (κ3) is 3.50. The Bertz CT molecular complexity index is 718. The smallest absolute Gasteiger partial charge is 0.282 e. The summed E-state index contributed by atoms with van der Waals surface area (Å²) >= 11 is 0. The number of piperazine rings is 2. The quantitative estimate of drug-likeness (QED) is 0.655. The largest absolute Gasteiger partial charge is 0.304 e. The fraction of sp³-hybridized carbons (Fsp3) is 0.933. The Kier molecular flexibility index (Phi) is 4.99. The molecule has 146 valence electrons. The minimum atomic E-state index is -3.36. The van der Waals surface area contributed by atoms with Gasteiger partial charge < -0.3 is 4.90 Å². The minimum absolute atomic E-state index is 0.0964. The summed E-state index contributed by atoms with van der Waals surface area (Å²) in [5, 5.41) is 12.2. The molecule has 1 aliphatic carbocycles. The first-order valence-corrected chi connectivity index (χ1v) is 10.8. The van der Waals surface area contributed by atoms with Crippen LogP contribution in [0.1, 0.15) is 37.7 Å². The highest BCUT2D eigenvalue weighted by atomic mass is 32.2. The number of hydrogen-bond acceptors (Lipinski definition) is 7. The van der Waals surface area contributed by atoms with E-state index in [1.165, 1.54) is 0 Å². The lowest BCUT2D eigenvalue weighted by Gasteiger charge is -2.40. The minimum Gasteiger partial charge on any atom is -0.304 e. The van der Waals surface area contributed by atoms with Crippen LogP contribution in [-0.2, 0) is 10.2 Å². The normalized spacial score (nSPS) is 26.2. The Morgan fingerprint density at radius 2 is 1.54 bits per heavy atom. The van der Waals surface area contributed by atoms with Gasteiger partial charge in [0.1, 0.15) is 0 Å². The van der Waals surface area contributed by atoms with Crippen LogP contribution in [0.15, 0.2) is 0 Å². The van der Waals surface area contributed by atoms with Gasteiger partial charge in [-0.2, -0.15) is 17.0 Å². The zero-order chi connectivity index (χ0) is 18.3. The second kappa shape index (κ2) is 7.12. The maximum Gasteiger partial charge on any atom is 0.282 e. The van der Waals surface area contributed by atoms with Gasteiger partial charge in [0, 0.05) is 52.4 Å². The van der Waals surface area contributed by atoms with Crippen LogP contribution in [0.5, 0.6) is 0 Å². The highest BCUT2D eigenvalue weighted by Gasteiger charge is 2.36. The Hall–Kier alpha value is -1.14. The Labute approximate surface area is 154 Å². The Balaban J connectivity index is 1.37. The van der Waals surface area contributed by atoms with Crippen LogP contribution in [0.3, 0.4) is 0 Å². The number of hydrogen-bond donors (Lipinski definition) is 0. The predicted molar refractivity (Wildman–Crippen MR) is 95.6 cm³/mol. The molecule has 1 aromatic rings. The van der Waals surface area contributed by atoms with Gasteiger partial charge in [0.2, 0.25) is 0 Å². The lowest BCUT2D eigenvalue weighted by Crippen LogP contribution is -2.56. The van der Waals surface area contributed by atoms with Crippen LogP contribution in [0, 0.1) is 0 Å². The molecule has 2 aliphatic heterocycles. The summed E-state index contributed by atoms with van der Waals surface area (Å²) in [7, 11) is -1.33. The van der Waals surface area contributed by atoms with Crippen molar-refractivity contribution in [3.63, 3.8) is 0 Å². The number of tetrazole rings is 1. The zero-order valence-corrected chi connectivity index (χ0v) is 16.3. The molecule has 3 heterocycles. The van der Waals surface area contributed by atoms with E-state index in [4.69, 9.17) is 0 Å². The number of likely N-dealkylation sites (N-methyl/N-ethyl adjacent to an activating group) is 1. The van der Waals surface area contributed by atoms with Gasteiger partial charge in [-0.3, -0.25) is 4.90 Å². The van der Waals surface area contributed by atoms with Gasteiger partial charge in [0.15, 0.2) is 5.82 Å². The average molecular weight is 385 g/mol. The van der Waals surface area contributed by atoms with Crippen LogP contribution in [-0.4, -0.2) is 106 Å². The van der Waals surface area contributed by atoms with E-state index in [0.29, 0.717) is 45.3 Å². The molecule has 0 N–H and O–H groups in total. The summed E-state index contributed by atoms with van der Waals surface area (Å²) in [6.45, 7) is 7.28. The van der Waals surface area contributed by atoms with Crippen molar-refractivity contribution in [3.05, 3.63) is 5.82 Å². The third-order valence-electron chi connectivity index (χ3n) is 5.72. The van der Waals surface area contributed by atoms with Gasteiger partial charge in [-0.15, -0.1) is 5.10 Å². The average Bonchev–Trinajstić information content (AvgIpc) is 3.38. The summed E-state index contributed by atoms with van der Waals surface area (Å²) in [6, 6.07) is 0.542. The molecule has 0 aromatic carbocycles. The molecule has 10 nitrogen and oxygen atoms in total. The summed E-state index contributed by atoms with van der Waals surface area (Å²) in [5.41, 5.74) is 0. The molecule has 0 spiro atoms. The molecule has 3 fully saturated rings. The molecule has 0 radical (unpaired) electrons. The van der Waals surface area contributed by atoms with Crippen LogP contribution in [0.25, 0.3) is 0 Å². The van der Waals surface area contributed by atoms with Gasteiger partial charge in [0.25, 0.3) is 10.2 Å². The van der Waals surface area contributed by atoms with Gasteiger partial charge in [-0.05, 0) is 37.2 Å². The van der Waals surface area contributed by atoms with Crippen LogP contribution in [0.2, 0.25) is 0 Å². The van der Waals surface area contributed by atoms with Crippen molar-refractivity contribution in [1.82, 2.24) is 38.6 Å². The highest BCUT2D eigenvalue weighted by Crippen LogP contribution is 2.36. The number of nitrogens with zero attached hydrogens (tertiary/aromatic N) is 8. The Morgan fingerprint density at radius 1 is 0.962 bits per heavy atom. The molecule has 11 heteroatoms. The van der Waals surface area contributed by atoms with E-state index < -0.39 is 10.2 Å². The van der Waals surface area contributed by atoms with Crippen molar-refractivity contribution in [2.45, 2.75) is 31.8 Å². The molecular weight excluding hydrogens is 356 g/mol. The first-order valence-electron chi connectivity index (χ1n) is 9.42. The van der Waals surface area contributed by atoms with Gasteiger partial charge in [0.05, 0.1) is 12.1 Å². The highest BCUT2D eigenvalue weighted by molar-refractivity contribution is 7.86. The fourth-order valence-corrected chi connectivity index (χ4v) is 5.30. The molecule has 0 bridgehead atoms. The number of rotatable bonds is 5. The first kappa shape index (κ1) is 18.2. The predicted octanol–water partition coefficient (Wildman–Crippen LogP) is -0.821. The van der Waals surface area contributed by atoms with Crippen LogP contribution in [0.4, 0.5) is 0 Å². The summed E-state index contributed by atoms with van der Waals surface area (Å²) in [4.78, 5) is 4.44. The molecule has 26 heavy (non-hydrogen) atoms. The molecule has 0 unspecified atom stereocenters. The SMILES string of the molecule is C[C@H](c1nnnn1C1CC1)N1CCN(S(=O)(=O)N2CCN(C)CC2)CC1. The second-order valence-corrected chi connectivity index (χ2v) is 9.46. The molecule has 1 atom stereocenters. The lowest BCUT2D eigenvalue weighted by atomic mass is 10.2. The van der Waals surface area contributed by atoms with E-state index >= 15 is 0 Å². The summed E-state index contributed by atoms with van der Waals surface area (Å²) in [5.74, 6) is 0.892. The van der Waals surface area contributed by atoms with Crippen molar-refractivity contribution in [1.29, 1.82) is 0 Å². The standard InChI is InChI=1S/C15H28N8O2S/c1-13(15-16-17-18-23(15)14-3-4-14)20-7-11-22(12-8-20)26(24,25)21-9-5-19(2)6-10-21/h13-14H,3-12H2,1-2H3/t13-/m1/s1. The first-order chi connectivity index (χ1) is 12.5.